The molecule has 116 valence electrons. The summed E-state index contributed by atoms with van der Waals surface area (Å²) in [6.45, 7) is 2.33. The molecular formula is C18H28N2S. The van der Waals surface area contributed by atoms with Crippen LogP contribution in [0, 0.1) is 5.92 Å². The number of aryl methyl sites for hydroxylation is 2. The number of nitrogens with zero attached hydrogens (tertiary/aromatic N) is 1. The highest BCUT2D eigenvalue weighted by Crippen LogP contribution is 2.45. The zero-order valence-corrected chi connectivity index (χ0v) is 14.1. The van der Waals surface area contributed by atoms with Gasteiger partial charge in [0.05, 0.1) is 11.2 Å². The molecule has 1 N–H and O–H groups in total. The molecule has 1 heterocycles. The van der Waals surface area contributed by atoms with Crippen LogP contribution < -0.4 is 5.32 Å². The Labute approximate surface area is 132 Å². The fourth-order valence-corrected chi connectivity index (χ4v) is 5.66. The lowest BCUT2D eigenvalue weighted by molar-refractivity contribution is 0.179. The Balaban J connectivity index is 1.55. The number of fused-ring (bicyclic) bond motifs is 1. The van der Waals surface area contributed by atoms with Gasteiger partial charge in [0.2, 0.25) is 0 Å². The van der Waals surface area contributed by atoms with E-state index in [9.17, 15) is 0 Å². The fraction of sp³-hybridized carbons (Fsp3) is 0.833. The van der Waals surface area contributed by atoms with Gasteiger partial charge in [-0.15, -0.1) is 11.3 Å². The molecular weight excluding hydrogens is 276 g/mol. The van der Waals surface area contributed by atoms with E-state index in [1.165, 1.54) is 81.3 Å². The number of thiazole rings is 1. The maximum atomic E-state index is 5.09. The van der Waals surface area contributed by atoms with Gasteiger partial charge in [-0.2, -0.15) is 0 Å². The van der Waals surface area contributed by atoms with Gasteiger partial charge in [0.25, 0.3) is 0 Å². The molecule has 0 atom stereocenters. The van der Waals surface area contributed by atoms with E-state index < -0.39 is 0 Å². The molecule has 0 bridgehead atoms. The normalized spacial score (nSPS) is 32.3. The summed E-state index contributed by atoms with van der Waals surface area (Å²) in [5.41, 5.74) is 1.67. The minimum atomic E-state index is 0.237. The van der Waals surface area contributed by atoms with Crippen LogP contribution in [0.4, 0.5) is 0 Å². The van der Waals surface area contributed by atoms with Gasteiger partial charge in [-0.25, -0.2) is 4.98 Å². The Morgan fingerprint density at radius 1 is 1.19 bits per heavy atom. The Morgan fingerprint density at radius 3 is 2.67 bits per heavy atom. The Morgan fingerprint density at radius 2 is 2.00 bits per heavy atom. The maximum Gasteiger partial charge on any atom is 0.113 e. The van der Waals surface area contributed by atoms with Crippen molar-refractivity contribution in [2.45, 2.75) is 89.1 Å². The summed E-state index contributed by atoms with van der Waals surface area (Å²) in [5.74, 6) is 0.968. The van der Waals surface area contributed by atoms with Gasteiger partial charge < -0.3 is 5.32 Å². The molecule has 2 fully saturated rings. The van der Waals surface area contributed by atoms with E-state index in [0.717, 1.165) is 12.0 Å². The van der Waals surface area contributed by atoms with Crippen molar-refractivity contribution in [3.8, 4) is 0 Å². The first-order chi connectivity index (χ1) is 10.3. The molecule has 1 aromatic heterocycles. The quantitative estimate of drug-likeness (QED) is 0.862. The van der Waals surface area contributed by atoms with E-state index in [0.29, 0.717) is 0 Å². The number of rotatable bonds is 5. The Hall–Kier alpha value is -0.410. The molecule has 3 heteroatoms. The lowest BCUT2D eigenvalue weighted by Crippen LogP contribution is -2.46. The second-order valence-corrected chi connectivity index (χ2v) is 8.56. The van der Waals surface area contributed by atoms with E-state index in [2.05, 4.69) is 12.2 Å². The van der Waals surface area contributed by atoms with Crippen molar-refractivity contribution in [3.05, 3.63) is 15.6 Å². The molecule has 0 aliphatic heterocycles. The molecule has 4 rings (SSSR count). The number of aromatic nitrogens is 1. The fourth-order valence-electron chi connectivity index (χ4n) is 4.30. The topological polar surface area (TPSA) is 24.9 Å². The van der Waals surface area contributed by atoms with Gasteiger partial charge in [-0.05, 0) is 63.7 Å². The summed E-state index contributed by atoms with van der Waals surface area (Å²) in [4.78, 5) is 6.69. The summed E-state index contributed by atoms with van der Waals surface area (Å²) in [5, 5.41) is 5.46. The van der Waals surface area contributed by atoms with Crippen LogP contribution in [-0.2, 0) is 18.4 Å². The molecule has 2 saturated carbocycles. The molecule has 0 saturated heterocycles. The van der Waals surface area contributed by atoms with Crippen LogP contribution >= 0.6 is 11.3 Å². The van der Waals surface area contributed by atoms with Crippen LogP contribution in [0.1, 0.15) is 80.3 Å². The smallest absolute Gasteiger partial charge is 0.113 e. The highest BCUT2D eigenvalue weighted by Gasteiger charge is 2.43. The summed E-state index contributed by atoms with van der Waals surface area (Å²) in [6, 6.07) is 0.784. The molecule has 0 radical (unpaired) electrons. The van der Waals surface area contributed by atoms with Crippen molar-refractivity contribution >= 4 is 11.3 Å². The summed E-state index contributed by atoms with van der Waals surface area (Å²) < 4.78 is 0. The largest absolute Gasteiger partial charge is 0.303 e. The number of hydrogen-bond donors (Lipinski definition) is 1. The molecule has 21 heavy (non-hydrogen) atoms. The van der Waals surface area contributed by atoms with Crippen molar-refractivity contribution in [2.75, 3.05) is 0 Å². The van der Waals surface area contributed by atoms with E-state index >= 15 is 0 Å². The monoisotopic (exact) mass is 304 g/mol. The van der Waals surface area contributed by atoms with Gasteiger partial charge in [-0.3, -0.25) is 0 Å². The first kappa shape index (κ1) is 14.2. The van der Waals surface area contributed by atoms with Crippen molar-refractivity contribution in [1.82, 2.24) is 10.3 Å². The molecule has 3 aliphatic rings. The van der Waals surface area contributed by atoms with Crippen LogP contribution in [0.2, 0.25) is 0 Å². The van der Waals surface area contributed by atoms with Gasteiger partial charge in [0.1, 0.15) is 5.01 Å². The number of hydrogen-bond acceptors (Lipinski definition) is 3. The zero-order valence-electron chi connectivity index (χ0n) is 13.3. The SMILES string of the molecule is CCCC1CCC(NC2CC2)(c2nc3c(s2)CCC3)CC1. The van der Waals surface area contributed by atoms with E-state index in [4.69, 9.17) is 4.98 Å². The molecule has 1 aromatic rings. The first-order valence-electron chi connectivity index (χ1n) is 9.06. The summed E-state index contributed by atoms with van der Waals surface area (Å²) >= 11 is 2.04. The molecule has 2 nitrogen and oxygen atoms in total. The lowest BCUT2D eigenvalue weighted by Gasteiger charge is -2.40. The maximum absolute atomic E-state index is 5.09. The minimum absolute atomic E-state index is 0.237. The van der Waals surface area contributed by atoms with E-state index in [1.54, 1.807) is 4.88 Å². The average Bonchev–Trinajstić information content (AvgIpc) is 3.02. The zero-order chi connectivity index (χ0) is 14.3. The first-order valence-corrected chi connectivity index (χ1v) is 9.87. The highest BCUT2D eigenvalue weighted by atomic mass is 32.1. The lowest BCUT2D eigenvalue weighted by atomic mass is 9.75. The predicted molar refractivity (Wildman–Crippen MR) is 88.8 cm³/mol. The van der Waals surface area contributed by atoms with Crippen LogP contribution in [0.5, 0.6) is 0 Å². The van der Waals surface area contributed by atoms with Crippen molar-refractivity contribution in [1.29, 1.82) is 0 Å². The van der Waals surface area contributed by atoms with Crippen LogP contribution in [0.25, 0.3) is 0 Å². The average molecular weight is 305 g/mol. The van der Waals surface area contributed by atoms with Gasteiger partial charge in [0.15, 0.2) is 0 Å². The highest BCUT2D eigenvalue weighted by molar-refractivity contribution is 7.12. The van der Waals surface area contributed by atoms with E-state index in [-0.39, 0.29) is 5.54 Å². The number of nitrogens with one attached hydrogen (secondary N) is 1. The van der Waals surface area contributed by atoms with Gasteiger partial charge in [0, 0.05) is 10.9 Å². The third-order valence-corrected chi connectivity index (χ3v) is 7.08. The summed E-state index contributed by atoms with van der Waals surface area (Å²) in [7, 11) is 0. The van der Waals surface area contributed by atoms with Gasteiger partial charge >= 0.3 is 0 Å². The standard InChI is InChI=1S/C18H28N2S/c1-2-4-13-9-11-18(12-10-13,20-14-7-8-14)17-19-15-5-3-6-16(15)21-17/h13-14,20H,2-12H2,1H3. The molecule has 0 unspecified atom stereocenters. The Kier molecular flexibility index (Phi) is 3.83. The third-order valence-electron chi connectivity index (χ3n) is 5.72. The predicted octanol–water partition coefficient (Wildman–Crippen LogP) is 4.57. The van der Waals surface area contributed by atoms with Crippen LogP contribution in [0.15, 0.2) is 0 Å². The molecule has 0 aromatic carbocycles. The second kappa shape index (κ2) is 5.66. The Bertz CT molecular complexity index is 474. The summed E-state index contributed by atoms with van der Waals surface area (Å²) in [6.07, 6.45) is 14.8. The van der Waals surface area contributed by atoms with Crippen molar-refractivity contribution < 1.29 is 0 Å². The molecule has 3 aliphatic carbocycles. The molecule has 0 spiro atoms. The van der Waals surface area contributed by atoms with Crippen molar-refractivity contribution in [2.24, 2.45) is 5.92 Å². The van der Waals surface area contributed by atoms with Crippen molar-refractivity contribution in [3.63, 3.8) is 0 Å². The third kappa shape index (κ3) is 2.79. The minimum Gasteiger partial charge on any atom is -0.303 e. The van der Waals surface area contributed by atoms with Gasteiger partial charge in [-0.1, -0.05) is 19.8 Å². The molecule has 0 amide bonds. The van der Waals surface area contributed by atoms with Crippen LogP contribution in [0.3, 0.4) is 0 Å². The van der Waals surface area contributed by atoms with E-state index in [1.807, 2.05) is 11.3 Å². The second-order valence-electron chi connectivity index (χ2n) is 7.48. The van der Waals surface area contributed by atoms with Crippen LogP contribution in [-0.4, -0.2) is 11.0 Å².